The Kier molecular flexibility index (Phi) is 8.85. The first-order valence-electron chi connectivity index (χ1n) is 13.3. The van der Waals surface area contributed by atoms with Crippen LogP contribution < -0.4 is 0 Å². The zero-order chi connectivity index (χ0) is 23.2. The number of hydrogen-bond donors (Lipinski definition) is 0. The molecule has 180 valence electrons. The lowest BCUT2D eigenvalue weighted by molar-refractivity contribution is 0.222. The van der Waals surface area contributed by atoms with Gasteiger partial charge in [-0.15, -0.1) is 0 Å². The lowest BCUT2D eigenvalue weighted by Crippen LogP contribution is -2.18. The van der Waals surface area contributed by atoms with Crippen molar-refractivity contribution < 1.29 is 8.78 Å². The summed E-state index contributed by atoms with van der Waals surface area (Å²) in [7, 11) is 0. The highest BCUT2D eigenvalue weighted by atomic mass is 35.5. The fourth-order valence-corrected chi connectivity index (χ4v) is 6.36. The van der Waals surface area contributed by atoms with E-state index in [4.69, 9.17) is 11.6 Å². The van der Waals surface area contributed by atoms with Crippen molar-refractivity contribution in [1.82, 2.24) is 0 Å². The second-order valence-corrected chi connectivity index (χ2v) is 11.1. The van der Waals surface area contributed by atoms with Gasteiger partial charge in [0, 0.05) is 5.56 Å². The van der Waals surface area contributed by atoms with Gasteiger partial charge in [-0.3, -0.25) is 0 Å². The predicted octanol–water partition coefficient (Wildman–Crippen LogP) is 10.3. The second-order valence-electron chi connectivity index (χ2n) is 10.7. The van der Waals surface area contributed by atoms with Gasteiger partial charge in [0.05, 0.1) is 5.02 Å². The summed E-state index contributed by atoms with van der Waals surface area (Å²) in [4.78, 5) is 0. The molecule has 0 saturated heterocycles. The Morgan fingerprint density at radius 2 is 1.33 bits per heavy atom. The van der Waals surface area contributed by atoms with E-state index in [1.807, 2.05) is 6.07 Å². The van der Waals surface area contributed by atoms with Crippen molar-refractivity contribution in [2.24, 2.45) is 17.8 Å². The molecule has 0 aromatic heterocycles. The molecular weight excluding hydrogens is 434 g/mol. The first-order chi connectivity index (χ1) is 16.0. The quantitative estimate of drug-likeness (QED) is 0.358. The molecule has 0 atom stereocenters. The maximum absolute atomic E-state index is 14.9. The largest absolute Gasteiger partial charge is 0.206 e. The molecule has 0 unspecified atom stereocenters. The zero-order valence-electron chi connectivity index (χ0n) is 20.1. The van der Waals surface area contributed by atoms with Crippen molar-refractivity contribution in [3.63, 3.8) is 0 Å². The molecule has 0 N–H and O–H groups in total. The molecule has 0 aliphatic heterocycles. The summed E-state index contributed by atoms with van der Waals surface area (Å²) in [6.07, 6.45) is 17.7. The lowest BCUT2D eigenvalue weighted by atomic mass is 9.74. The van der Waals surface area contributed by atoms with E-state index >= 15 is 0 Å². The monoisotopic (exact) mass is 472 g/mol. The Morgan fingerprint density at radius 3 is 1.91 bits per heavy atom. The van der Waals surface area contributed by atoms with E-state index in [0.717, 1.165) is 36.2 Å². The Hall–Kier alpha value is -1.41. The van der Waals surface area contributed by atoms with Crippen LogP contribution in [0.2, 0.25) is 5.02 Å². The number of halogens is 3. The molecule has 2 aliphatic carbocycles. The maximum atomic E-state index is 14.9. The van der Waals surface area contributed by atoms with Crippen LogP contribution in [0.5, 0.6) is 0 Å². The van der Waals surface area contributed by atoms with Crippen molar-refractivity contribution >= 4 is 11.6 Å². The van der Waals surface area contributed by atoms with E-state index in [1.165, 1.54) is 82.8 Å². The summed E-state index contributed by atoms with van der Waals surface area (Å²) < 4.78 is 28.7. The molecule has 0 radical (unpaired) electrons. The molecule has 0 nitrogen and oxygen atoms in total. The minimum atomic E-state index is -0.513. The molecular formula is C30H39ClF2. The highest BCUT2D eigenvalue weighted by Gasteiger charge is 2.26. The molecule has 4 rings (SSSR count). The minimum absolute atomic E-state index is 0.0622. The van der Waals surface area contributed by atoms with Crippen LogP contribution in [-0.4, -0.2) is 0 Å². The Labute approximate surface area is 204 Å². The standard InChI is InChI=1S/C30H39ClF2/c1-2-3-4-21-5-7-22(8-6-21)9-10-23-11-13-24(14-12-23)25-15-17-27(29(32)19-25)26-16-18-28(31)30(33)20-26/h15-24H,2-14H2,1H3/t21-,22-,23-,24-. The third-order valence-corrected chi connectivity index (χ3v) is 8.76. The van der Waals surface area contributed by atoms with Crippen LogP contribution in [0, 0.1) is 29.4 Å². The zero-order valence-corrected chi connectivity index (χ0v) is 20.9. The van der Waals surface area contributed by atoms with E-state index < -0.39 is 5.82 Å². The van der Waals surface area contributed by atoms with Gasteiger partial charge in [0.25, 0.3) is 0 Å². The van der Waals surface area contributed by atoms with Crippen molar-refractivity contribution in [2.45, 2.75) is 96.3 Å². The van der Waals surface area contributed by atoms with Gasteiger partial charge in [-0.05, 0) is 78.7 Å². The van der Waals surface area contributed by atoms with Gasteiger partial charge in [0.15, 0.2) is 0 Å². The van der Waals surface area contributed by atoms with E-state index in [1.54, 1.807) is 18.2 Å². The molecule has 2 aromatic carbocycles. The predicted molar refractivity (Wildman–Crippen MR) is 136 cm³/mol. The SMILES string of the molecule is CCCC[C@H]1CC[C@H](CC[C@H]2CC[C@H](c3ccc(-c4ccc(Cl)c(F)c4)c(F)c3)CC2)CC1. The molecule has 2 saturated carbocycles. The molecule has 2 fully saturated rings. The van der Waals surface area contributed by atoms with E-state index in [9.17, 15) is 8.78 Å². The van der Waals surface area contributed by atoms with Gasteiger partial charge in [-0.25, -0.2) is 8.78 Å². The molecule has 2 aromatic rings. The second kappa shape index (κ2) is 11.8. The minimum Gasteiger partial charge on any atom is -0.206 e. The van der Waals surface area contributed by atoms with Crippen LogP contribution in [0.3, 0.4) is 0 Å². The van der Waals surface area contributed by atoms with Crippen LogP contribution in [0.1, 0.15) is 102 Å². The van der Waals surface area contributed by atoms with E-state index in [0.29, 0.717) is 17.0 Å². The van der Waals surface area contributed by atoms with Crippen molar-refractivity contribution in [3.8, 4) is 11.1 Å². The fourth-order valence-electron chi connectivity index (χ4n) is 6.24. The molecule has 0 heterocycles. The smallest absolute Gasteiger partial charge is 0.142 e. The van der Waals surface area contributed by atoms with Crippen molar-refractivity contribution in [3.05, 3.63) is 58.6 Å². The first kappa shape index (κ1) is 24.7. The fraction of sp³-hybridized carbons (Fsp3) is 0.600. The summed E-state index contributed by atoms with van der Waals surface area (Å²) in [5.74, 6) is 2.47. The number of benzene rings is 2. The number of rotatable bonds is 8. The Bertz CT molecular complexity index is 892. The summed E-state index contributed by atoms with van der Waals surface area (Å²) in [5.41, 5.74) is 2.06. The molecule has 2 aliphatic rings. The van der Waals surface area contributed by atoms with Crippen LogP contribution in [0.25, 0.3) is 11.1 Å². The van der Waals surface area contributed by atoms with Gasteiger partial charge in [-0.1, -0.05) is 94.5 Å². The number of hydrogen-bond acceptors (Lipinski definition) is 0. The third-order valence-electron chi connectivity index (χ3n) is 8.46. The summed E-state index contributed by atoms with van der Waals surface area (Å²) in [6, 6.07) is 9.97. The van der Waals surface area contributed by atoms with Crippen molar-refractivity contribution in [2.75, 3.05) is 0 Å². The molecule has 3 heteroatoms. The van der Waals surface area contributed by atoms with Gasteiger partial charge < -0.3 is 0 Å². The summed E-state index contributed by atoms with van der Waals surface area (Å²) >= 11 is 5.77. The van der Waals surface area contributed by atoms with E-state index in [2.05, 4.69) is 6.92 Å². The Morgan fingerprint density at radius 1 is 0.727 bits per heavy atom. The third kappa shape index (κ3) is 6.59. The molecule has 0 bridgehead atoms. The number of unbranched alkanes of at least 4 members (excludes halogenated alkanes) is 1. The molecule has 0 amide bonds. The average Bonchev–Trinajstić information content (AvgIpc) is 2.84. The maximum Gasteiger partial charge on any atom is 0.142 e. The van der Waals surface area contributed by atoms with Gasteiger partial charge in [0.2, 0.25) is 0 Å². The lowest BCUT2D eigenvalue weighted by Gasteiger charge is -2.32. The highest BCUT2D eigenvalue weighted by molar-refractivity contribution is 6.30. The van der Waals surface area contributed by atoms with Crippen LogP contribution in [0.15, 0.2) is 36.4 Å². The summed E-state index contributed by atoms with van der Waals surface area (Å²) in [6.45, 7) is 2.30. The van der Waals surface area contributed by atoms with Gasteiger partial charge in [0.1, 0.15) is 11.6 Å². The highest BCUT2D eigenvalue weighted by Crippen LogP contribution is 2.41. The van der Waals surface area contributed by atoms with Crippen molar-refractivity contribution in [1.29, 1.82) is 0 Å². The molecule has 0 spiro atoms. The average molecular weight is 473 g/mol. The van der Waals surface area contributed by atoms with E-state index in [-0.39, 0.29) is 10.8 Å². The normalized spacial score (nSPS) is 25.8. The van der Waals surface area contributed by atoms with Crippen LogP contribution in [0.4, 0.5) is 8.78 Å². The summed E-state index contributed by atoms with van der Waals surface area (Å²) in [5, 5.41) is 0.0622. The van der Waals surface area contributed by atoms with Crippen LogP contribution >= 0.6 is 11.6 Å². The van der Waals surface area contributed by atoms with Crippen LogP contribution in [-0.2, 0) is 0 Å². The molecule has 33 heavy (non-hydrogen) atoms. The Balaban J connectivity index is 1.24. The topological polar surface area (TPSA) is 0 Å². The van der Waals surface area contributed by atoms with Gasteiger partial charge >= 0.3 is 0 Å². The first-order valence-corrected chi connectivity index (χ1v) is 13.7. The van der Waals surface area contributed by atoms with Gasteiger partial charge in [-0.2, -0.15) is 0 Å².